The fourth-order valence-electron chi connectivity index (χ4n) is 3.67. The summed E-state index contributed by atoms with van der Waals surface area (Å²) in [5, 5.41) is 7.94. The Hall–Kier alpha value is -2.10. The van der Waals surface area contributed by atoms with Crippen molar-refractivity contribution >= 4 is 5.91 Å². The van der Waals surface area contributed by atoms with E-state index in [9.17, 15) is 4.79 Å². The maximum absolute atomic E-state index is 12.8. The zero-order valence-corrected chi connectivity index (χ0v) is 18.7. The predicted octanol–water partition coefficient (Wildman–Crippen LogP) is 5.38. The number of hydrogen-bond donors (Lipinski definition) is 1. The summed E-state index contributed by atoms with van der Waals surface area (Å²) in [5.74, 6) is 0.659. The Balaban J connectivity index is 2.04. The number of nitrogens with one attached hydrogen (secondary N) is 1. The number of carbonyl (C=O) groups excluding carboxylic acids is 1. The van der Waals surface area contributed by atoms with E-state index in [0.717, 1.165) is 25.1 Å². The summed E-state index contributed by atoms with van der Waals surface area (Å²) < 4.78 is 2.08. The molecule has 1 N–H and O–H groups in total. The van der Waals surface area contributed by atoms with E-state index >= 15 is 0 Å². The van der Waals surface area contributed by atoms with Gasteiger partial charge in [0.2, 0.25) is 5.91 Å². The molecule has 2 aromatic rings. The smallest absolute Gasteiger partial charge is 0.220 e. The summed E-state index contributed by atoms with van der Waals surface area (Å²) in [5.41, 5.74) is 4.75. The van der Waals surface area contributed by atoms with Gasteiger partial charge in [-0.3, -0.25) is 9.48 Å². The summed E-state index contributed by atoms with van der Waals surface area (Å²) in [6.45, 7) is 16.1. The van der Waals surface area contributed by atoms with Crippen LogP contribution < -0.4 is 5.32 Å². The standard InChI is InChI=1S/C24H37N3O/c1-17(2)16-27-19(4)21(18(3)26-27)13-14-23(28)25-22(15-24(5,6)7)20-11-9-8-10-12-20/h8-12,17,22H,13-16H2,1-7H3,(H,25,28). The molecule has 1 unspecified atom stereocenters. The lowest BCUT2D eigenvalue weighted by molar-refractivity contribution is -0.122. The van der Waals surface area contributed by atoms with Crippen LogP contribution in [0.5, 0.6) is 0 Å². The average Bonchev–Trinajstić information content (AvgIpc) is 2.85. The number of carbonyl (C=O) groups is 1. The zero-order valence-electron chi connectivity index (χ0n) is 18.7. The highest BCUT2D eigenvalue weighted by molar-refractivity contribution is 5.76. The van der Waals surface area contributed by atoms with Gasteiger partial charge in [0.25, 0.3) is 0 Å². The van der Waals surface area contributed by atoms with Gasteiger partial charge in [-0.25, -0.2) is 0 Å². The first-order chi connectivity index (χ1) is 13.1. The molecule has 0 aliphatic carbocycles. The molecule has 1 aromatic carbocycles. The summed E-state index contributed by atoms with van der Waals surface area (Å²) in [7, 11) is 0. The molecule has 4 heteroatoms. The van der Waals surface area contributed by atoms with Crippen LogP contribution in [0.25, 0.3) is 0 Å². The van der Waals surface area contributed by atoms with Gasteiger partial charge in [0, 0.05) is 18.7 Å². The number of benzene rings is 1. The third-order valence-electron chi connectivity index (χ3n) is 5.03. The van der Waals surface area contributed by atoms with Gasteiger partial charge in [0.05, 0.1) is 11.7 Å². The number of aryl methyl sites for hydroxylation is 1. The van der Waals surface area contributed by atoms with Crippen molar-refractivity contribution in [3.63, 3.8) is 0 Å². The maximum Gasteiger partial charge on any atom is 0.220 e. The molecule has 0 aliphatic heterocycles. The molecular formula is C24H37N3O. The van der Waals surface area contributed by atoms with Crippen molar-refractivity contribution in [3.05, 3.63) is 52.8 Å². The quantitative estimate of drug-likeness (QED) is 0.665. The lowest BCUT2D eigenvalue weighted by Gasteiger charge is -2.27. The van der Waals surface area contributed by atoms with Crippen LogP contribution in [-0.4, -0.2) is 15.7 Å². The number of hydrogen-bond acceptors (Lipinski definition) is 2. The van der Waals surface area contributed by atoms with E-state index < -0.39 is 0 Å². The molecule has 0 bridgehead atoms. The minimum atomic E-state index is 0.0413. The number of nitrogens with zero attached hydrogens (tertiary/aromatic N) is 2. The van der Waals surface area contributed by atoms with Gasteiger partial charge in [0.15, 0.2) is 0 Å². The molecular weight excluding hydrogens is 346 g/mol. The molecule has 0 spiro atoms. The van der Waals surface area contributed by atoms with Crippen molar-refractivity contribution in [2.24, 2.45) is 11.3 Å². The number of rotatable bonds is 8. The van der Waals surface area contributed by atoms with E-state index in [2.05, 4.69) is 68.8 Å². The van der Waals surface area contributed by atoms with Crippen LogP contribution in [0.2, 0.25) is 0 Å². The normalized spacial score (nSPS) is 13.0. The third kappa shape index (κ3) is 6.50. The van der Waals surface area contributed by atoms with Gasteiger partial charge < -0.3 is 5.32 Å². The van der Waals surface area contributed by atoms with Crippen molar-refractivity contribution in [2.45, 2.75) is 80.3 Å². The first-order valence-electron chi connectivity index (χ1n) is 10.4. The maximum atomic E-state index is 12.8. The minimum absolute atomic E-state index is 0.0413. The molecule has 28 heavy (non-hydrogen) atoms. The molecule has 1 atom stereocenters. The predicted molar refractivity (Wildman–Crippen MR) is 116 cm³/mol. The highest BCUT2D eigenvalue weighted by Crippen LogP contribution is 2.29. The van der Waals surface area contributed by atoms with Crippen molar-refractivity contribution in [3.8, 4) is 0 Å². The Morgan fingerprint density at radius 2 is 1.79 bits per heavy atom. The Kier molecular flexibility index (Phi) is 7.45. The molecule has 0 fully saturated rings. The van der Waals surface area contributed by atoms with E-state index in [1.807, 2.05) is 25.1 Å². The minimum Gasteiger partial charge on any atom is -0.349 e. The molecule has 2 rings (SSSR count). The lowest BCUT2D eigenvalue weighted by Crippen LogP contribution is -2.31. The highest BCUT2D eigenvalue weighted by Gasteiger charge is 2.22. The number of aromatic nitrogens is 2. The summed E-state index contributed by atoms with van der Waals surface area (Å²) in [6, 6.07) is 10.3. The second-order valence-corrected chi connectivity index (χ2v) is 9.52. The van der Waals surface area contributed by atoms with Crippen molar-refractivity contribution in [1.29, 1.82) is 0 Å². The fourth-order valence-corrected chi connectivity index (χ4v) is 3.67. The van der Waals surface area contributed by atoms with Crippen LogP contribution in [0.4, 0.5) is 0 Å². The SMILES string of the molecule is Cc1nn(CC(C)C)c(C)c1CCC(=O)NC(CC(C)(C)C)c1ccccc1. The monoisotopic (exact) mass is 383 g/mol. The van der Waals surface area contributed by atoms with Gasteiger partial charge in [-0.05, 0) is 49.1 Å². The summed E-state index contributed by atoms with van der Waals surface area (Å²) in [4.78, 5) is 12.8. The van der Waals surface area contributed by atoms with E-state index in [1.165, 1.54) is 16.8 Å². The first-order valence-corrected chi connectivity index (χ1v) is 10.4. The molecule has 0 saturated carbocycles. The van der Waals surface area contributed by atoms with Gasteiger partial charge in [-0.1, -0.05) is 65.0 Å². The average molecular weight is 384 g/mol. The summed E-state index contributed by atoms with van der Waals surface area (Å²) in [6.07, 6.45) is 2.13. The van der Waals surface area contributed by atoms with Crippen molar-refractivity contribution in [2.75, 3.05) is 0 Å². The van der Waals surface area contributed by atoms with E-state index in [-0.39, 0.29) is 17.4 Å². The van der Waals surface area contributed by atoms with Gasteiger partial charge in [-0.2, -0.15) is 5.10 Å². The van der Waals surface area contributed by atoms with Crippen LogP contribution in [0.1, 0.15) is 76.0 Å². The Morgan fingerprint density at radius 1 is 1.14 bits per heavy atom. The first kappa shape index (κ1) is 22.2. The molecule has 0 saturated heterocycles. The van der Waals surface area contributed by atoms with E-state index in [4.69, 9.17) is 0 Å². The van der Waals surface area contributed by atoms with Crippen LogP contribution in [0, 0.1) is 25.2 Å². The molecule has 154 valence electrons. The Bertz CT molecular complexity index is 769. The van der Waals surface area contributed by atoms with Gasteiger partial charge >= 0.3 is 0 Å². The topological polar surface area (TPSA) is 46.9 Å². The van der Waals surface area contributed by atoms with Crippen LogP contribution in [-0.2, 0) is 17.8 Å². The summed E-state index contributed by atoms with van der Waals surface area (Å²) >= 11 is 0. The largest absolute Gasteiger partial charge is 0.349 e. The Morgan fingerprint density at radius 3 is 2.36 bits per heavy atom. The van der Waals surface area contributed by atoms with E-state index in [1.54, 1.807) is 0 Å². The highest BCUT2D eigenvalue weighted by atomic mass is 16.1. The van der Waals surface area contributed by atoms with Crippen molar-refractivity contribution in [1.82, 2.24) is 15.1 Å². The molecule has 1 heterocycles. The van der Waals surface area contributed by atoms with E-state index in [0.29, 0.717) is 12.3 Å². The zero-order chi connectivity index (χ0) is 20.9. The van der Waals surface area contributed by atoms with Crippen molar-refractivity contribution < 1.29 is 4.79 Å². The second-order valence-electron chi connectivity index (χ2n) is 9.52. The van der Waals surface area contributed by atoms with Gasteiger partial charge in [0.1, 0.15) is 0 Å². The molecule has 4 nitrogen and oxygen atoms in total. The van der Waals surface area contributed by atoms with Crippen LogP contribution in [0.15, 0.2) is 30.3 Å². The lowest BCUT2D eigenvalue weighted by atomic mass is 9.85. The molecule has 0 radical (unpaired) electrons. The van der Waals surface area contributed by atoms with Gasteiger partial charge in [-0.15, -0.1) is 0 Å². The fraction of sp³-hybridized carbons (Fsp3) is 0.583. The molecule has 1 aromatic heterocycles. The Labute approximate surface area is 170 Å². The third-order valence-corrected chi connectivity index (χ3v) is 5.03. The molecule has 1 amide bonds. The van der Waals surface area contributed by atoms with Crippen LogP contribution in [0.3, 0.4) is 0 Å². The molecule has 0 aliphatic rings. The number of amides is 1. The second kappa shape index (κ2) is 9.40. The van der Waals surface area contributed by atoms with Crippen LogP contribution >= 0.6 is 0 Å².